The molecule has 9 nitrogen and oxygen atoms in total. The summed E-state index contributed by atoms with van der Waals surface area (Å²) in [7, 11) is -2.94. The molecule has 2 rings (SSSR count). The quantitative estimate of drug-likeness (QED) is 0.595. The van der Waals surface area contributed by atoms with Gasteiger partial charge in [0.2, 0.25) is 0 Å². The molecule has 1 atom stereocenters. The maximum atomic E-state index is 14.1. The van der Waals surface area contributed by atoms with Crippen molar-refractivity contribution in [1.82, 2.24) is 15.3 Å². The van der Waals surface area contributed by atoms with Crippen molar-refractivity contribution in [3.05, 3.63) is 47.8 Å². The molecule has 0 radical (unpaired) electrons. The SMILES string of the molecule is CCc1ncc(NC(=O)[C@@](C)(O)CS(=O)(=O)c2ccc(C(=O)NC)c(F)c2)cn1. The van der Waals surface area contributed by atoms with Crippen molar-refractivity contribution in [3.63, 3.8) is 0 Å². The summed E-state index contributed by atoms with van der Waals surface area (Å²) in [4.78, 5) is 31.4. The zero-order chi connectivity index (χ0) is 21.8. The monoisotopic (exact) mass is 424 g/mol. The average Bonchev–Trinajstić information content (AvgIpc) is 2.67. The highest BCUT2D eigenvalue weighted by molar-refractivity contribution is 7.91. The molecule has 2 aromatic rings. The van der Waals surface area contributed by atoms with Gasteiger partial charge in [-0.25, -0.2) is 22.8 Å². The van der Waals surface area contributed by atoms with Crippen LogP contribution >= 0.6 is 0 Å². The van der Waals surface area contributed by atoms with Crippen LogP contribution < -0.4 is 10.6 Å². The summed E-state index contributed by atoms with van der Waals surface area (Å²) >= 11 is 0. The highest BCUT2D eigenvalue weighted by Crippen LogP contribution is 2.21. The minimum atomic E-state index is -4.25. The van der Waals surface area contributed by atoms with Gasteiger partial charge in [0.15, 0.2) is 15.4 Å². The number of benzene rings is 1. The highest BCUT2D eigenvalue weighted by atomic mass is 32.2. The summed E-state index contributed by atoms with van der Waals surface area (Å²) in [6.45, 7) is 2.88. The van der Waals surface area contributed by atoms with E-state index in [9.17, 15) is 27.5 Å². The van der Waals surface area contributed by atoms with Crippen LogP contribution in [0.3, 0.4) is 0 Å². The number of hydrogen-bond donors (Lipinski definition) is 3. The molecule has 2 amide bonds. The Bertz CT molecular complexity index is 1020. The smallest absolute Gasteiger partial charge is 0.257 e. The third-order valence-electron chi connectivity index (χ3n) is 4.01. The van der Waals surface area contributed by atoms with Gasteiger partial charge >= 0.3 is 0 Å². The second-order valence-electron chi connectivity index (χ2n) is 6.45. The zero-order valence-corrected chi connectivity index (χ0v) is 16.9. The first kappa shape index (κ1) is 22.4. The van der Waals surface area contributed by atoms with Gasteiger partial charge < -0.3 is 15.7 Å². The Balaban J connectivity index is 2.19. The maximum absolute atomic E-state index is 14.1. The summed E-state index contributed by atoms with van der Waals surface area (Å²) in [6.07, 6.45) is 3.27. The van der Waals surface area contributed by atoms with Crippen LogP contribution in [0, 0.1) is 5.82 Å². The predicted molar refractivity (Wildman–Crippen MR) is 103 cm³/mol. The fraction of sp³-hybridized carbons (Fsp3) is 0.333. The van der Waals surface area contributed by atoms with Crippen LogP contribution in [0.25, 0.3) is 0 Å². The molecule has 0 aliphatic heterocycles. The molecule has 29 heavy (non-hydrogen) atoms. The summed E-state index contributed by atoms with van der Waals surface area (Å²) in [6, 6.07) is 2.72. The molecule has 1 aromatic heterocycles. The molecular weight excluding hydrogens is 403 g/mol. The number of amides is 2. The number of aryl methyl sites for hydroxylation is 1. The van der Waals surface area contributed by atoms with Gasteiger partial charge in [0.25, 0.3) is 11.8 Å². The topological polar surface area (TPSA) is 138 Å². The third kappa shape index (κ3) is 5.33. The predicted octanol–water partition coefficient (Wildman–Crippen LogP) is 0.701. The molecule has 1 aromatic carbocycles. The lowest BCUT2D eigenvalue weighted by atomic mass is 10.1. The van der Waals surface area contributed by atoms with Gasteiger partial charge in [0.1, 0.15) is 11.6 Å². The fourth-order valence-electron chi connectivity index (χ4n) is 2.39. The van der Waals surface area contributed by atoms with Gasteiger partial charge in [-0.1, -0.05) is 6.92 Å². The van der Waals surface area contributed by atoms with E-state index in [-0.39, 0.29) is 11.3 Å². The second kappa shape index (κ2) is 8.62. The third-order valence-corrected chi connectivity index (χ3v) is 5.93. The Morgan fingerprint density at radius 3 is 2.38 bits per heavy atom. The van der Waals surface area contributed by atoms with Gasteiger partial charge in [-0.05, 0) is 25.1 Å². The minimum absolute atomic E-state index is 0.186. The molecule has 11 heteroatoms. The lowest BCUT2D eigenvalue weighted by Gasteiger charge is -2.22. The van der Waals surface area contributed by atoms with Gasteiger partial charge in [0.05, 0.1) is 34.3 Å². The van der Waals surface area contributed by atoms with Crippen molar-refractivity contribution in [3.8, 4) is 0 Å². The molecule has 0 saturated heterocycles. The van der Waals surface area contributed by atoms with E-state index in [0.29, 0.717) is 18.3 Å². The largest absolute Gasteiger partial charge is 0.379 e. The van der Waals surface area contributed by atoms with Crippen LogP contribution in [0.4, 0.5) is 10.1 Å². The Hall–Kier alpha value is -2.92. The molecule has 0 bridgehead atoms. The summed E-state index contributed by atoms with van der Waals surface area (Å²) < 4.78 is 39.2. The number of aromatic nitrogens is 2. The molecule has 0 fully saturated rings. The van der Waals surface area contributed by atoms with E-state index in [1.165, 1.54) is 19.4 Å². The molecular formula is C18H21FN4O5S. The van der Waals surface area contributed by atoms with E-state index in [1.807, 2.05) is 6.92 Å². The van der Waals surface area contributed by atoms with E-state index < -0.39 is 43.7 Å². The molecule has 0 aliphatic carbocycles. The Kier molecular flexibility index (Phi) is 6.65. The number of aliphatic hydroxyl groups is 1. The van der Waals surface area contributed by atoms with Crippen LogP contribution in [0.15, 0.2) is 35.5 Å². The van der Waals surface area contributed by atoms with Crippen molar-refractivity contribution in [1.29, 1.82) is 0 Å². The Labute approximate surface area is 167 Å². The average molecular weight is 424 g/mol. The van der Waals surface area contributed by atoms with Crippen LogP contribution in [-0.2, 0) is 21.1 Å². The number of carbonyl (C=O) groups excluding carboxylic acids is 2. The van der Waals surface area contributed by atoms with Crippen LogP contribution in [0.5, 0.6) is 0 Å². The van der Waals surface area contributed by atoms with Crippen LogP contribution in [0.2, 0.25) is 0 Å². The highest BCUT2D eigenvalue weighted by Gasteiger charge is 2.37. The van der Waals surface area contributed by atoms with E-state index in [1.54, 1.807) is 0 Å². The van der Waals surface area contributed by atoms with Crippen molar-refractivity contribution < 1.29 is 27.5 Å². The molecule has 1 heterocycles. The van der Waals surface area contributed by atoms with Gasteiger partial charge in [-0.3, -0.25) is 9.59 Å². The van der Waals surface area contributed by atoms with E-state index in [2.05, 4.69) is 20.6 Å². The molecule has 0 saturated carbocycles. The molecule has 0 unspecified atom stereocenters. The fourth-order valence-corrected chi connectivity index (χ4v) is 3.99. The summed E-state index contributed by atoms with van der Waals surface area (Å²) in [5.41, 5.74) is -2.46. The van der Waals surface area contributed by atoms with E-state index >= 15 is 0 Å². The van der Waals surface area contributed by atoms with Crippen LogP contribution in [0.1, 0.15) is 30.0 Å². The minimum Gasteiger partial charge on any atom is -0.379 e. The number of nitrogens with zero attached hydrogens (tertiary/aromatic N) is 2. The van der Waals surface area contributed by atoms with Crippen molar-refractivity contribution >= 4 is 27.3 Å². The lowest BCUT2D eigenvalue weighted by molar-refractivity contribution is -0.130. The molecule has 0 spiro atoms. The zero-order valence-electron chi connectivity index (χ0n) is 16.1. The number of halogens is 1. The summed E-state index contributed by atoms with van der Waals surface area (Å²) in [5, 5.41) is 15.0. The number of hydrogen-bond acceptors (Lipinski definition) is 7. The van der Waals surface area contributed by atoms with Crippen molar-refractivity contribution in [2.75, 3.05) is 18.1 Å². The van der Waals surface area contributed by atoms with Gasteiger partial charge in [-0.2, -0.15) is 0 Å². The lowest BCUT2D eigenvalue weighted by Crippen LogP contribution is -2.45. The van der Waals surface area contributed by atoms with Gasteiger partial charge in [-0.15, -0.1) is 0 Å². The first-order valence-corrected chi connectivity index (χ1v) is 10.2. The normalized spacial score (nSPS) is 13.4. The summed E-state index contributed by atoms with van der Waals surface area (Å²) in [5.74, 6) is -3.19. The van der Waals surface area contributed by atoms with Crippen molar-refractivity contribution in [2.45, 2.75) is 30.8 Å². The Morgan fingerprint density at radius 1 is 1.24 bits per heavy atom. The van der Waals surface area contributed by atoms with Crippen molar-refractivity contribution in [2.24, 2.45) is 0 Å². The second-order valence-corrected chi connectivity index (χ2v) is 8.44. The van der Waals surface area contributed by atoms with Crippen LogP contribution in [-0.4, -0.2) is 53.7 Å². The molecule has 156 valence electrons. The number of rotatable bonds is 7. The van der Waals surface area contributed by atoms with E-state index in [0.717, 1.165) is 19.1 Å². The maximum Gasteiger partial charge on any atom is 0.257 e. The first-order chi connectivity index (χ1) is 13.5. The standard InChI is InChI=1S/C18H21FN4O5S/c1-4-15-21-8-11(9-22-15)23-17(25)18(2,26)10-29(27,28)12-5-6-13(14(19)7-12)16(24)20-3/h5-9,26H,4,10H2,1-3H3,(H,20,24)(H,23,25)/t18-/m0/s1. The number of nitrogens with one attached hydrogen (secondary N) is 2. The first-order valence-electron chi connectivity index (χ1n) is 8.59. The molecule has 0 aliphatic rings. The number of sulfone groups is 1. The number of carbonyl (C=O) groups is 2. The molecule has 3 N–H and O–H groups in total. The Morgan fingerprint density at radius 2 is 1.86 bits per heavy atom. The van der Waals surface area contributed by atoms with Gasteiger partial charge in [0, 0.05) is 13.5 Å². The van der Waals surface area contributed by atoms with E-state index in [4.69, 9.17) is 0 Å². The number of anilines is 1.